The molecule has 0 saturated carbocycles. The van der Waals surface area contributed by atoms with Crippen LogP contribution in [0.3, 0.4) is 0 Å². The number of aliphatic hydroxyl groups is 5. The summed E-state index contributed by atoms with van der Waals surface area (Å²) < 4.78 is 26.8. The number of ether oxygens (including phenoxy) is 5. The van der Waals surface area contributed by atoms with Crippen molar-refractivity contribution in [2.45, 2.75) is 62.7 Å². The van der Waals surface area contributed by atoms with Crippen LogP contribution in [0.25, 0.3) is 0 Å². The molecule has 0 aromatic carbocycles. The van der Waals surface area contributed by atoms with Gasteiger partial charge in [0.15, 0.2) is 12.6 Å². The van der Waals surface area contributed by atoms with E-state index >= 15 is 0 Å². The van der Waals surface area contributed by atoms with Crippen LogP contribution in [0, 0.1) is 11.8 Å². The van der Waals surface area contributed by atoms with E-state index in [0.717, 1.165) is 0 Å². The molecule has 2 fully saturated rings. The lowest BCUT2D eigenvalue weighted by atomic mass is 9.77. The van der Waals surface area contributed by atoms with Crippen molar-refractivity contribution in [3.63, 3.8) is 0 Å². The van der Waals surface area contributed by atoms with E-state index in [4.69, 9.17) is 23.7 Å². The lowest BCUT2D eigenvalue weighted by molar-refractivity contribution is -0.352. The zero-order valence-corrected chi connectivity index (χ0v) is 15.5. The molecule has 10 atom stereocenters. The smallest absolute Gasteiger partial charge is 0.337 e. The van der Waals surface area contributed by atoms with E-state index in [9.17, 15) is 30.3 Å². The van der Waals surface area contributed by atoms with E-state index < -0.39 is 73.8 Å². The second-order valence-electron chi connectivity index (χ2n) is 7.12. The molecule has 0 spiro atoms. The van der Waals surface area contributed by atoms with E-state index in [1.165, 1.54) is 13.4 Å². The molecule has 28 heavy (non-hydrogen) atoms. The summed E-state index contributed by atoms with van der Waals surface area (Å²) >= 11 is 0. The Morgan fingerprint density at radius 1 is 1.14 bits per heavy atom. The highest BCUT2D eigenvalue weighted by atomic mass is 16.8. The summed E-state index contributed by atoms with van der Waals surface area (Å²) in [6.45, 7) is 1.08. The van der Waals surface area contributed by atoms with Crippen molar-refractivity contribution < 1.29 is 54.0 Å². The van der Waals surface area contributed by atoms with Crippen molar-refractivity contribution >= 4 is 5.97 Å². The predicted octanol–water partition coefficient (Wildman–Crippen LogP) is -2.42. The topological polar surface area (TPSA) is 164 Å². The highest BCUT2D eigenvalue weighted by molar-refractivity contribution is 5.88. The molecular formula is C17H26O11. The number of methoxy groups -OCH3 is 1. The summed E-state index contributed by atoms with van der Waals surface area (Å²) in [5.41, 5.74) is 0.218. The second kappa shape index (κ2) is 8.59. The molecule has 3 aliphatic heterocycles. The minimum absolute atomic E-state index is 0.105. The van der Waals surface area contributed by atoms with Gasteiger partial charge in [0.25, 0.3) is 0 Å². The first-order chi connectivity index (χ1) is 13.3. The number of esters is 1. The predicted molar refractivity (Wildman–Crippen MR) is 88.0 cm³/mol. The van der Waals surface area contributed by atoms with Crippen LogP contribution < -0.4 is 0 Å². The number of aliphatic hydroxyl groups excluding tert-OH is 5. The maximum Gasteiger partial charge on any atom is 0.337 e. The third kappa shape index (κ3) is 3.89. The normalized spacial score (nSPS) is 46.2. The summed E-state index contributed by atoms with van der Waals surface area (Å²) in [7, 11) is 1.23. The van der Waals surface area contributed by atoms with Gasteiger partial charge in [-0.15, -0.1) is 0 Å². The number of rotatable bonds is 4. The van der Waals surface area contributed by atoms with Crippen molar-refractivity contribution in [2.75, 3.05) is 13.7 Å². The Hall–Kier alpha value is -1.31. The Labute approximate surface area is 161 Å². The van der Waals surface area contributed by atoms with Gasteiger partial charge in [-0.3, -0.25) is 0 Å². The van der Waals surface area contributed by atoms with Gasteiger partial charge < -0.3 is 49.2 Å². The Kier molecular flexibility index (Phi) is 6.57. The molecule has 3 heterocycles. The molecule has 11 heteroatoms. The third-order valence-corrected chi connectivity index (χ3v) is 5.41. The van der Waals surface area contributed by atoms with E-state index in [1.54, 1.807) is 6.92 Å². The zero-order chi connectivity index (χ0) is 20.6. The molecule has 3 rings (SSSR count). The van der Waals surface area contributed by atoms with Crippen LogP contribution >= 0.6 is 0 Å². The average Bonchev–Trinajstić information content (AvgIpc) is 2.67. The quantitative estimate of drug-likeness (QED) is 0.315. The largest absolute Gasteiger partial charge is 0.471 e. The molecule has 0 aliphatic carbocycles. The fourth-order valence-corrected chi connectivity index (χ4v) is 3.91. The van der Waals surface area contributed by atoms with Crippen molar-refractivity contribution in [1.82, 2.24) is 0 Å². The lowest BCUT2D eigenvalue weighted by Crippen LogP contribution is -2.61. The van der Waals surface area contributed by atoms with E-state index in [1.807, 2.05) is 0 Å². The molecule has 0 amide bonds. The number of carbonyl (C=O) groups is 1. The van der Waals surface area contributed by atoms with E-state index in [0.29, 0.717) is 0 Å². The van der Waals surface area contributed by atoms with Gasteiger partial charge in [-0.1, -0.05) is 0 Å². The van der Waals surface area contributed by atoms with Crippen LogP contribution in [0.1, 0.15) is 13.3 Å². The lowest BCUT2D eigenvalue weighted by Gasteiger charge is -2.47. The van der Waals surface area contributed by atoms with Gasteiger partial charge in [0, 0.05) is 12.3 Å². The number of hydrogen-bond donors (Lipinski definition) is 5. The van der Waals surface area contributed by atoms with Gasteiger partial charge in [0.1, 0.15) is 24.4 Å². The van der Waals surface area contributed by atoms with Crippen LogP contribution in [0.5, 0.6) is 0 Å². The highest BCUT2D eigenvalue weighted by Crippen LogP contribution is 2.42. The highest BCUT2D eigenvalue weighted by Gasteiger charge is 2.51. The fourth-order valence-electron chi connectivity index (χ4n) is 3.91. The molecule has 160 valence electrons. The minimum atomic E-state index is -1.60. The van der Waals surface area contributed by atoms with Crippen LogP contribution in [-0.4, -0.2) is 94.6 Å². The Morgan fingerprint density at radius 2 is 1.86 bits per heavy atom. The number of hydrogen-bond acceptors (Lipinski definition) is 11. The standard InChI is InChI=1S/C17H26O11/c1-6-11-7(3-10(19)26-6)8(15(23)24-2)5-25-16(11)28-17-14(22)13(21)12(20)9(4-18)27-17/h5-7,9-14,16-22H,3-4H2,1-2H3/t6-,7+,9+,10?,11?,12+,13-,14+,16-,17-/m0/s1. The van der Waals surface area contributed by atoms with Crippen LogP contribution in [0.4, 0.5) is 0 Å². The molecule has 11 nitrogen and oxygen atoms in total. The van der Waals surface area contributed by atoms with Gasteiger partial charge in [0.05, 0.1) is 37.6 Å². The Balaban J connectivity index is 1.81. The third-order valence-electron chi connectivity index (χ3n) is 5.41. The first-order valence-electron chi connectivity index (χ1n) is 9.01. The average molecular weight is 406 g/mol. The Morgan fingerprint density at radius 3 is 2.50 bits per heavy atom. The van der Waals surface area contributed by atoms with Crippen molar-refractivity contribution in [1.29, 1.82) is 0 Å². The van der Waals surface area contributed by atoms with Crippen molar-refractivity contribution in [3.05, 3.63) is 11.8 Å². The number of carbonyl (C=O) groups excluding carboxylic acids is 1. The molecule has 2 unspecified atom stereocenters. The molecule has 0 bridgehead atoms. The van der Waals surface area contributed by atoms with Crippen molar-refractivity contribution in [2.24, 2.45) is 11.8 Å². The van der Waals surface area contributed by atoms with Gasteiger partial charge in [0.2, 0.25) is 6.29 Å². The summed E-state index contributed by atoms with van der Waals surface area (Å²) in [6.07, 6.45) is -8.71. The van der Waals surface area contributed by atoms with Crippen LogP contribution in [0.2, 0.25) is 0 Å². The second-order valence-corrected chi connectivity index (χ2v) is 7.12. The zero-order valence-electron chi connectivity index (χ0n) is 15.5. The molecule has 2 saturated heterocycles. The van der Waals surface area contributed by atoms with Gasteiger partial charge in [-0.2, -0.15) is 0 Å². The Bertz CT molecular complexity index is 594. The maximum absolute atomic E-state index is 12.1. The monoisotopic (exact) mass is 406 g/mol. The molecule has 0 radical (unpaired) electrons. The maximum atomic E-state index is 12.1. The van der Waals surface area contributed by atoms with E-state index in [2.05, 4.69) is 0 Å². The molecule has 0 aromatic heterocycles. The molecular weight excluding hydrogens is 380 g/mol. The van der Waals surface area contributed by atoms with Crippen molar-refractivity contribution in [3.8, 4) is 0 Å². The fraction of sp³-hybridized carbons (Fsp3) is 0.824. The summed E-state index contributed by atoms with van der Waals surface area (Å²) in [4.78, 5) is 12.1. The first kappa shape index (κ1) is 21.4. The molecule has 5 N–H and O–H groups in total. The van der Waals surface area contributed by atoms with E-state index in [-0.39, 0.29) is 12.0 Å². The van der Waals surface area contributed by atoms with Gasteiger partial charge in [-0.05, 0) is 6.92 Å². The summed E-state index contributed by atoms with van der Waals surface area (Å²) in [6, 6.07) is 0. The first-order valence-corrected chi connectivity index (χ1v) is 9.01. The summed E-state index contributed by atoms with van der Waals surface area (Å²) in [5.74, 6) is -1.67. The van der Waals surface area contributed by atoms with Gasteiger partial charge >= 0.3 is 5.97 Å². The number of fused-ring (bicyclic) bond motifs is 1. The SMILES string of the molecule is COC(=O)C1=CO[C@@H](O[C@@H]2O[C@H](CO)[C@@H](O)[C@H](O)[C@H]2O)C2[C@H](C)OC(O)C[C@H]12. The summed E-state index contributed by atoms with van der Waals surface area (Å²) in [5, 5.41) is 49.2. The van der Waals surface area contributed by atoms with Gasteiger partial charge in [-0.25, -0.2) is 4.79 Å². The van der Waals surface area contributed by atoms with Crippen LogP contribution in [-0.2, 0) is 28.5 Å². The molecule has 0 aromatic rings. The minimum Gasteiger partial charge on any atom is -0.471 e. The molecule has 3 aliphatic rings. The van der Waals surface area contributed by atoms with Crippen LogP contribution in [0.15, 0.2) is 11.8 Å².